The third-order valence-electron chi connectivity index (χ3n) is 3.84. The van der Waals surface area contributed by atoms with Crippen LogP contribution in [-0.4, -0.2) is 0 Å². The summed E-state index contributed by atoms with van der Waals surface area (Å²) in [4.78, 5) is 0. The van der Waals surface area contributed by atoms with E-state index in [0.29, 0.717) is 6.42 Å². The van der Waals surface area contributed by atoms with Gasteiger partial charge in [-0.3, -0.25) is 6.08 Å². The maximum atomic E-state index is 13.6. The summed E-state index contributed by atoms with van der Waals surface area (Å²) in [6, 6.07) is 21.8. The number of halogens is 4. The SMILES string of the molecule is Fc1cccc(F)c1CC1[C-]=Cc2ccccc21.[Cl][Zr+2][Cl].c1cc[cH-]c1. The molecule has 1 atom stereocenters. The van der Waals surface area contributed by atoms with Crippen molar-refractivity contribution in [2.24, 2.45) is 0 Å². The zero-order valence-corrected chi connectivity index (χ0v) is 17.8. The van der Waals surface area contributed by atoms with Crippen molar-refractivity contribution in [2.75, 3.05) is 0 Å². The van der Waals surface area contributed by atoms with E-state index in [-0.39, 0.29) is 11.5 Å². The molecule has 0 nitrogen and oxygen atoms in total. The number of fused-ring (bicyclic) bond motifs is 1. The molecule has 0 heterocycles. The molecule has 3 aromatic carbocycles. The fourth-order valence-corrected chi connectivity index (χ4v) is 2.66. The van der Waals surface area contributed by atoms with E-state index >= 15 is 0 Å². The van der Waals surface area contributed by atoms with Crippen LogP contribution in [0.2, 0.25) is 0 Å². The second kappa shape index (κ2) is 11.5. The topological polar surface area (TPSA) is 0 Å². The first-order valence-electron chi connectivity index (χ1n) is 7.91. The molecule has 1 aliphatic carbocycles. The molecule has 0 saturated heterocycles. The Morgan fingerprint density at radius 1 is 0.923 bits per heavy atom. The maximum Gasteiger partial charge on any atom is -0.172 e. The molecular formula is C21H16Cl2F2Zr. The van der Waals surface area contributed by atoms with Crippen molar-refractivity contribution < 1.29 is 29.6 Å². The number of benzene rings is 2. The van der Waals surface area contributed by atoms with Crippen molar-refractivity contribution in [3.8, 4) is 0 Å². The van der Waals surface area contributed by atoms with Crippen LogP contribution in [0.15, 0.2) is 72.8 Å². The van der Waals surface area contributed by atoms with Crippen LogP contribution < -0.4 is 0 Å². The summed E-state index contributed by atoms with van der Waals surface area (Å²) in [5.41, 5.74) is 2.31. The number of rotatable bonds is 2. The Labute approximate surface area is 171 Å². The van der Waals surface area contributed by atoms with Crippen molar-refractivity contribution in [3.05, 3.63) is 107 Å². The summed E-state index contributed by atoms with van der Waals surface area (Å²) in [5.74, 6) is -1.03. The Kier molecular flexibility index (Phi) is 9.39. The smallest absolute Gasteiger partial charge is 0.172 e. The molecule has 0 spiro atoms. The van der Waals surface area contributed by atoms with Crippen molar-refractivity contribution in [1.29, 1.82) is 0 Å². The summed E-state index contributed by atoms with van der Waals surface area (Å²) < 4.78 is 27.2. The van der Waals surface area contributed by atoms with Gasteiger partial charge in [-0.25, -0.2) is 27.0 Å². The third-order valence-corrected chi connectivity index (χ3v) is 3.84. The Morgan fingerprint density at radius 3 is 2.12 bits per heavy atom. The molecule has 4 rings (SSSR count). The molecule has 0 N–H and O–H groups in total. The molecule has 3 aromatic rings. The fraction of sp³-hybridized carbons (Fsp3) is 0.0952. The average Bonchev–Trinajstić information content (AvgIpc) is 3.33. The minimum atomic E-state index is -0.826. The van der Waals surface area contributed by atoms with E-state index in [1.807, 2.05) is 60.7 Å². The van der Waals surface area contributed by atoms with E-state index in [2.05, 4.69) is 6.08 Å². The van der Waals surface area contributed by atoms with Crippen LogP contribution in [0.4, 0.5) is 8.78 Å². The second-order valence-corrected chi connectivity index (χ2v) is 9.16. The van der Waals surface area contributed by atoms with Gasteiger partial charge in [0.2, 0.25) is 0 Å². The molecule has 5 heteroatoms. The molecule has 0 saturated carbocycles. The predicted octanol–water partition coefficient (Wildman–Crippen LogP) is 6.90. The van der Waals surface area contributed by atoms with Gasteiger partial charge in [-0.15, -0.1) is 11.6 Å². The second-order valence-electron chi connectivity index (χ2n) is 5.43. The monoisotopic (exact) mass is 466 g/mol. The van der Waals surface area contributed by atoms with Gasteiger partial charge in [-0.05, 0) is 18.6 Å². The van der Waals surface area contributed by atoms with Gasteiger partial charge in [0.25, 0.3) is 0 Å². The Bertz CT molecular complexity index is 779. The van der Waals surface area contributed by atoms with E-state index in [4.69, 9.17) is 17.0 Å². The van der Waals surface area contributed by atoms with Crippen molar-refractivity contribution in [1.82, 2.24) is 0 Å². The molecule has 0 radical (unpaired) electrons. The zero-order valence-electron chi connectivity index (χ0n) is 13.8. The summed E-state index contributed by atoms with van der Waals surface area (Å²) in [7, 11) is 9.87. The molecule has 0 bridgehead atoms. The van der Waals surface area contributed by atoms with Gasteiger partial charge in [0.15, 0.2) is 0 Å². The van der Waals surface area contributed by atoms with E-state index in [1.54, 1.807) is 0 Å². The van der Waals surface area contributed by atoms with Crippen molar-refractivity contribution >= 4 is 23.1 Å². The molecule has 0 aromatic heterocycles. The first kappa shape index (κ1) is 21.2. The summed E-state index contributed by atoms with van der Waals surface area (Å²) in [6.07, 6.45) is 5.37. The molecule has 0 fully saturated rings. The number of hydrogen-bond donors (Lipinski definition) is 0. The maximum absolute atomic E-state index is 13.6. The average molecular weight is 468 g/mol. The van der Waals surface area contributed by atoms with Crippen LogP contribution in [0, 0.1) is 17.7 Å². The molecular weight excluding hydrogens is 452 g/mol. The molecule has 1 aliphatic rings. The molecule has 1 unspecified atom stereocenters. The van der Waals surface area contributed by atoms with Crippen LogP contribution in [0.5, 0.6) is 0 Å². The van der Waals surface area contributed by atoms with Gasteiger partial charge in [-0.1, -0.05) is 30.2 Å². The van der Waals surface area contributed by atoms with E-state index in [9.17, 15) is 8.78 Å². The van der Waals surface area contributed by atoms with E-state index in [0.717, 1.165) is 11.1 Å². The summed E-state index contributed by atoms with van der Waals surface area (Å²) in [5, 5.41) is 0. The standard InChI is InChI=1S/C16H11F2.C5H5.2ClH.Zr/c17-15-6-3-7-16(18)14(15)10-12-9-8-11-4-1-2-5-13(11)12;1-2-4-5-3-1;;;/h1-8,12H,10H2;1-5H;2*1H;/q2*-1;;;+4/p-2. The molecule has 26 heavy (non-hydrogen) atoms. The van der Waals surface area contributed by atoms with Gasteiger partial charge in [0.1, 0.15) is 11.6 Å². The predicted molar refractivity (Wildman–Crippen MR) is 101 cm³/mol. The van der Waals surface area contributed by atoms with Gasteiger partial charge in [0, 0.05) is 5.56 Å². The van der Waals surface area contributed by atoms with Gasteiger partial charge >= 0.3 is 37.9 Å². The normalized spacial score (nSPS) is 13.6. The first-order chi connectivity index (χ1) is 12.7. The minimum absolute atomic E-state index is 0.0624. The fourth-order valence-electron chi connectivity index (χ4n) is 2.66. The quantitative estimate of drug-likeness (QED) is 0.359. The summed E-state index contributed by atoms with van der Waals surface area (Å²) in [6.45, 7) is 0. The van der Waals surface area contributed by atoms with E-state index in [1.165, 1.54) is 18.2 Å². The van der Waals surface area contributed by atoms with Crippen LogP contribution >= 0.6 is 17.0 Å². The Balaban J connectivity index is 0.000000254. The van der Waals surface area contributed by atoms with Crippen LogP contribution in [0.1, 0.15) is 22.6 Å². The van der Waals surface area contributed by atoms with Crippen LogP contribution in [0.25, 0.3) is 6.08 Å². The Morgan fingerprint density at radius 2 is 1.54 bits per heavy atom. The number of hydrogen-bond acceptors (Lipinski definition) is 0. The third kappa shape index (κ3) is 6.23. The minimum Gasteiger partial charge on any atom is -0.214 e. The first-order valence-corrected chi connectivity index (χ1v) is 14.2. The van der Waals surface area contributed by atoms with Crippen molar-refractivity contribution in [3.63, 3.8) is 0 Å². The van der Waals surface area contributed by atoms with Gasteiger partial charge in [0.05, 0.1) is 0 Å². The molecule has 132 valence electrons. The molecule has 0 amide bonds. The summed E-state index contributed by atoms with van der Waals surface area (Å²) >= 11 is -0.826. The van der Waals surface area contributed by atoms with Gasteiger partial charge in [-0.2, -0.15) is 23.8 Å². The largest absolute Gasteiger partial charge is 0.214 e. The van der Waals surface area contributed by atoms with E-state index < -0.39 is 32.5 Å². The molecule has 0 aliphatic heterocycles. The van der Waals surface area contributed by atoms with Crippen LogP contribution in [-0.2, 0) is 27.3 Å². The Hall–Kier alpha value is -1.15. The number of allylic oxidation sites excluding steroid dienone is 1. The van der Waals surface area contributed by atoms with Gasteiger partial charge < -0.3 is 0 Å². The van der Waals surface area contributed by atoms with Crippen molar-refractivity contribution in [2.45, 2.75) is 12.3 Å². The zero-order chi connectivity index (χ0) is 18.8. The van der Waals surface area contributed by atoms with Crippen LogP contribution in [0.3, 0.4) is 0 Å².